The van der Waals surface area contributed by atoms with E-state index in [4.69, 9.17) is 0 Å². The van der Waals surface area contributed by atoms with Gasteiger partial charge in [-0.15, -0.1) is 0 Å². The van der Waals surface area contributed by atoms with Gasteiger partial charge in [-0.2, -0.15) is 10.4 Å². The molecule has 6 heteroatoms. The summed E-state index contributed by atoms with van der Waals surface area (Å²) in [7, 11) is 0. The summed E-state index contributed by atoms with van der Waals surface area (Å²) in [5, 5.41) is 14.7. The molecule has 4 aromatic rings. The number of benzene rings is 1. The van der Waals surface area contributed by atoms with Crippen LogP contribution >= 0.6 is 0 Å². The van der Waals surface area contributed by atoms with Crippen LogP contribution in [0.5, 0.6) is 0 Å². The molecule has 28 heavy (non-hydrogen) atoms. The average molecular weight is 368 g/mol. The highest BCUT2D eigenvalue weighted by Gasteiger charge is 2.23. The lowest BCUT2D eigenvalue weighted by Crippen LogP contribution is -2.33. The molecule has 0 saturated carbocycles. The number of nitrogens with one attached hydrogen (secondary N) is 1. The minimum absolute atomic E-state index is 0.164. The maximum Gasteiger partial charge on any atom is 0.139 e. The lowest BCUT2D eigenvalue weighted by Gasteiger charge is -2.33. The van der Waals surface area contributed by atoms with Crippen LogP contribution in [0.2, 0.25) is 0 Å². The maximum absolute atomic E-state index is 9.23. The van der Waals surface area contributed by atoms with E-state index in [1.54, 1.807) is 6.20 Å². The Morgan fingerprint density at radius 2 is 1.93 bits per heavy atom. The van der Waals surface area contributed by atoms with E-state index in [1.165, 1.54) is 5.69 Å². The van der Waals surface area contributed by atoms with Gasteiger partial charge in [-0.3, -0.25) is 0 Å². The summed E-state index contributed by atoms with van der Waals surface area (Å²) in [6.45, 7) is 1.78. The Morgan fingerprint density at radius 3 is 2.64 bits per heavy atom. The molecule has 1 fully saturated rings. The molecule has 3 aromatic heterocycles. The van der Waals surface area contributed by atoms with Gasteiger partial charge in [0.05, 0.1) is 17.4 Å². The van der Waals surface area contributed by atoms with Gasteiger partial charge in [-0.25, -0.2) is 9.67 Å². The molecule has 1 saturated heterocycles. The van der Waals surface area contributed by atoms with Gasteiger partial charge in [0, 0.05) is 54.7 Å². The average Bonchev–Trinajstić information content (AvgIpc) is 3.45. The molecule has 0 bridgehead atoms. The van der Waals surface area contributed by atoms with Crippen molar-refractivity contribution in [1.82, 2.24) is 19.7 Å². The number of piperidine rings is 1. The number of rotatable bonds is 3. The van der Waals surface area contributed by atoms with Crippen LogP contribution in [0.15, 0.2) is 61.2 Å². The minimum Gasteiger partial charge on any atom is -0.370 e. The van der Waals surface area contributed by atoms with Crippen LogP contribution in [-0.4, -0.2) is 32.8 Å². The van der Waals surface area contributed by atoms with Crippen molar-refractivity contribution in [1.29, 1.82) is 5.26 Å². The van der Waals surface area contributed by atoms with Gasteiger partial charge in [0.15, 0.2) is 0 Å². The molecule has 1 N–H and O–H groups in total. The number of aromatic nitrogens is 4. The van der Waals surface area contributed by atoms with Crippen LogP contribution in [0.1, 0.15) is 12.8 Å². The van der Waals surface area contributed by atoms with Gasteiger partial charge in [0.1, 0.15) is 5.65 Å². The second kappa shape index (κ2) is 6.86. The Balaban J connectivity index is 1.57. The van der Waals surface area contributed by atoms with Crippen LogP contribution < -0.4 is 4.90 Å². The zero-order chi connectivity index (χ0) is 18.9. The van der Waals surface area contributed by atoms with E-state index in [0.717, 1.165) is 53.8 Å². The van der Waals surface area contributed by atoms with E-state index >= 15 is 0 Å². The Morgan fingerprint density at radius 1 is 1.11 bits per heavy atom. The van der Waals surface area contributed by atoms with Crippen molar-refractivity contribution in [2.45, 2.75) is 12.8 Å². The number of hydrogen-bond acceptors (Lipinski definition) is 4. The summed E-state index contributed by atoms with van der Waals surface area (Å²) >= 11 is 0. The normalized spacial score (nSPS) is 15.0. The SMILES string of the molecule is N#CC1CCN(c2c(-c3ccc(-n4cccn4)cc3)cnc3[nH]ccc23)CC1. The van der Waals surface area contributed by atoms with Gasteiger partial charge in [0.25, 0.3) is 0 Å². The standard InChI is InChI=1S/C22H20N6/c23-14-16-7-12-27(13-8-16)21-19-6-10-24-22(19)25-15-20(21)17-2-4-18(5-3-17)28-11-1-9-26-28/h1-6,9-11,15-16H,7-8,12-13H2,(H,24,25). The molecule has 0 aliphatic carbocycles. The summed E-state index contributed by atoms with van der Waals surface area (Å²) in [5.41, 5.74) is 5.38. The van der Waals surface area contributed by atoms with Crippen molar-refractivity contribution >= 4 is 16.7 Å². The number of pyridine rings is 1. The van der Waals surface area contributed by atoms with Gasteiger partial charge in [-0.05, 0) is 42.7 Å². The third kappa shape index (κ3) is 2.81. The zero-order valence-electron chi connectivity index (χ0n) is 15.4. The first kappa shape index (κ1) is 16.6. The number of nitrogens with zero attached hydrogens (tertiary/aromatic N) is 5. The summed E-state index contributed by atoms with van der Waals surface area (Å²) in [6.07, 6.45) is 9.42. The highest BCUT2D eigenvalue weighted by atomic mass is 15.3. The molecule has 5 rings (SSSR count). The van der Waals surface area contributed by atoms with Gasteiger partial charge < -0.3 is 9.88 Å². The fraction of sp³-hybridized carbons (Fsp3) is 0.227. The number of nitriles is 1. The number of anilines is 1. The Labute approximate surface area is 163 Å². The second-order valence-corrected chi connectivity index (χ2v) is 7.15. The van der Waals surface area contributed by atoms with Crippen molar-refractivity contribution in [3.05, 3.63) is 61.2 Å². The largest absolute Gasteiger partial charge is 0.370 e. The van der Waals surface area contributed by atoms with Gasteiger partial charge in [-0.1, -0.05) is 12.1 Å². The Hall–Kier alpha value is -3.59. The van der Waals surface area contributed by atoms with Crippen molar-refractivity contribution in [2.75, 3.05) is 18.0 Å². The van der Waals surface area contributed by atoms with Crippen LogP contribution in [0.4, 0.5) is 5.69 Å². The molecular formula is C22H20N6. The molecular weight excluding hydrogens is 348 g/mol. The summed E-state index contributed by atoms with van der Waals surface area (Å²) in [6, 6.07) is 14.8. The lowest BCUT2D eigenvalue weighted by molar-refractivity contribution is 0.488. The first-order valence-corrected chi connectivity index (χ1v) is 9.54. The van der Waals surface area contributed by atoms with E-state index in [2.05, 4.69) is 56.4 Å². The lowest BCUT2D eigenvalue weighted by atomic mass is 9.96. The van der Waals surface area contributed by atoms with E-state index in [-0.39, 0.29) is 5.92 Å². The minimum atomic E-state index is 0.164. The fourth-order valence-corrected chi connectivity index (χ4v) is 3.99. The van der Waals surface area contributed by atoms with E-state index in [0.29, 0.717) is 0 Å². The fourth-order valence-electron chi connectivity index (χ4n) is 3.99. The van der Waals surface area contributed by atoms with Crippen molar-refractivity contribution in [2.24, 2.45) is 5.92 Å². The molecule has 0 unspecified atom stereocenters. The van der Waals surface area contributed by atoms with Gasteiger partial charge in [0.2, 0.25) is 0 Å². The number of aromatic amines is 1. The molecule has 1 aliphatic heterocycles. The van der Waals surface area contributed by atoms with Gasteiger partial charge >= 0.3 is 0 Å². The predicted octanol–water partition coefficient (Wildman–Crippen LogP) is 4.16. The highest BCUT2D eigenvalue weighted by molar-refractivity contribution is 5.98. The molecule has 1 aromatic carbocycles. The Bertz CT molecular complexity index is 1130. The number of H-pyrrole nitrogens is 1. The van der Waals surface area contributed by atoms with Crippen LogP contribution in [0.3, 0.4) is 0 Å². The highest BCUT2D eigenvalue weighted by Crippen LogP contribution is 2.38. The topological polar surface area (TPSA) is 73.5 Å². The molecule has 0 spiro atoms. The number of fused-ring (bicyclic) bond motifs is 1. The molecule has 0 amide bonds. The maximum atomic E-state index is 9.23. The monoisotopic (exact) mass is 368 g/mol. The summed E-state index contributed by atoms with van der Waals surface area (Å²) in [5.74, 6) is 0.164. The molecule has 0 atom stereocenters. The quantitative estimate of drug-likeness (QED) is 0.589. The Kier molecular flexibility index (Phi) is 4.06. The van der Waals surface area contributed by atoms with Crippen molar-refractivity contribution < 1.29 is 0 Å². The van der Waals surface area contributed by atoms with E-state index in [1.807, 2.05) is 29.3 Å². The third-order valence-corrected chi connectivity index (χ3v) is 5.50. The van der Waals surface area contributed by atoms with E-state index in [9.17, 15) is 5.26 Å². The number of hydrogen-bond donors (Lipinski definition) is 1. The van der Waals surface area contributed by atoms with Crippen molar-refractivity contribution in [3.8, 4) is 22.9 Å². The molecule has 0 radical (unpaired) electrons. The van der Waals surface area contributed by atoms with Crippen LogP contribution in [0.25, 0.3) is 27.8 Å². The third-order valence-electron chi connectivity index (χ3n) is 5.50. The van der Waals surface area contributed by atoms with Crippen molar-refractivity contribution in [3.63, 3.8) is 0 Å². The first-order valence-electron chi connectivity index (χ1n) is 9.54. The first-order chi connectivity index (χ1) is 13.8. The molecule has 138 valence electrons. The molecule has 6 nitrogen and oxygen atoms in total. The predicted molar refractivity (Wildman–Crippen MR) is 109 cm³/mol. The summed E-state index contributed by atoms with van der Waals surface area (Å²) < 4.78 is 1.85. The summed E-state index contributed by atoms with van der Waals surface area (Å²) in [4.78, 5) is 10.3. The van der Waals surface area contributed by atoms with Crippen LogP contribution in [0, 0.1) is 17.2 Å². The molecule has 4 heterocycles. The second-order valence-electron chi connectivity index (χ2n) is 7.15. The smallest absolute Gasteiger partial charge is 0.139 e. The molecule has 1 aliphatic rings. The van der Waals surface area contributed by atoms with E-state index < -0.39 is 0 Å². The zero-order valence-corrected chi connectivity index (χ0v) is 15.4. The van der Waals surface area contributed by atoms with Crippen LogP contribution in [-0.2, 0) is 0 Å².